The van der Waals surface area contributed by atoms with Gasteiger partial charge in [0.15, 0.2) is 5.13 Å². The Hall–Kier alpha value is -0.940. The van der Waals surface area contributed by atoms with E-state index in [0.717, 1.165) is 16.7 Å². The maximum absolute atomic E-state index is 4.15. The first kappa shape index (κ1) is 7.70. The second-order valence-electron chi connectivity index (χ2n) is 2.12. The van der Waals surface area contributed by atoms with Crippen LogP contribution >= 0.6 is 22.7 Å². The van der Waals surface area contributed by atoms with Gasteiger partial charge in [0.05, 0.1) is 6.54 Å². The predicted molar refractivity (Wildman–Crippen MR) is 51.6 cm³/mol. The van der Waals surface area contributed by atoms with Crippen molar-refractivity contribution < 1.29 is 0 Å². The third kappa shape index (κ3) is 1.80. The van der Waals surface area contributed by atoms with Crippen LogP contribution in [0.3, 0.4) is 0 Å². The summed E-state index contributed by atoms with van der Waals surface area (Å²) in [6, 6.07) is 0. The third-order valence-electron chi connectivity index (χ3n) is 1.31. The summed E-state index contributed by atoms with van der Waals surface area (Å²) in [5.41, 5.74) is 0. The van der Waals surface area contributed by atoms with E-state index in [1.165, 1.54) is 0 Å². The smallest absolute Gasteiger partial charge is 0.182 e. The van der Waals surface area contributed by atoms with E-state index in [1.54, 1.807) is 28.9 Å². The first-order valence-electron chi connectivity index (χ1n) is 3.47. The topological polar surface area (TPSA) is 37.8 Å². The first-order chi connectivity index (χ1) is 5.95. The molecule has 0 aliphatic carbocycles. The van der Waals surface area contributed by atoms with Gasteiger partial charge in [0.25, 0.3) is 0 Å². The van der Waals surface area contributed by atoms with Crippen molar-refractivity contribution in [3.8, 4) is 0 Å². The molecule has 0 atom stereocenters. The van der Waals surface area contributed by atoms with Gasteiger partial charge in [-0.05, 0) is 0 Å². The van der Waals surface area contributed by atoms with Crippen LogP contribution in [-0.2, 0) is 6.54 Å². The van der Waals surface area contributed by atoms with Crippen LogP contribution in [0.5, 0.6) is 0 Å². The van der Waals surface area contributed by atoms with E-state index in [2.05, 4.69) is 15.3 Å². The van der Waals surface area contributed by atoms with Gasteiger partial charge in [-0.15, -0.1) is 22.7 Å². The second kappa shape index (κ2) is 3.64. The molecule has 0 aliphatic heterocycles. The largest absolute Gasteiger partial charge is 0.355 e. The molecule has 2 aromatic heterocycles. The van der Waals surface area contributed by atoms with Crippen molar-refractivity contribution in [2.24, 2.45) is 0 Å². The molecule has 0 saturated carbocycles. The van der Waals surface area contributed by atoms with Crippen molar-refractivity contribution in [1.82, 2.24) is 9.97 Å². The molecule has 2 rings (SSSR count). The molecule has 5 heteroatoms. The van der Waals surface area contributed by atoms with Crippen LogP contribution in [0.1, 0.15) is 5.01 Å². The van der Waals surface area contributed by atoms with Crippen molar-refractivity contribution in [2.75, 3.05) is 5.32 Å². The van der Waals surface area contributed by atoms with E-state index in [9.17, 15) is 0 Å². The van der Waals surface area contributed by atoms with Gasteiger partial charge in [-0.2, -0.15) is 0 Å². The minimum Gasteiger partial charge on any atom is -0.355 e. The summed E-state index contributed by atoms with van der Waals surface area (Å²) in [5.74, 6) is 0. The summed E-state index contributed by atoms with van der Waals surface area (Å²) in [4.78, 5) is 8.25. The van der Waals surface area contributed by atoms with Crippen LogP contribution in [0.2, 0.25) is 0 Å². The summed E-state index contributed by atoms with van der Waals surface area (Å²) in [7, 11) is 0. The average molecular weight is 197 g/mol. The Kier molecular flexibility index (Phi) is 2.33. The summed E-state index contributed by atoms with van der Waals surface area (Å²) in [6.07, 6.45) is 3.60. The number of nitrogens with one attached hydrogen (secondary N) is 1. The Labute approximate surface area is 78.1 Å². The van der Waals surface area contributed by atoms with Crippen molar-refractivity contribution in [2.45, 2.75) is 6.54 Å². The number of nitrogens with zero attached hydrogens (tertiary/aromatic N) is 2. The van der Waals surface area contributed by atoms with Gasteiger partial charge in [-0.1, -0.05) is 0 Å². The highest BCUT2D eigenvalue weighted by molar-refractivity contribution is 7.13. The molecule has 1 N–H and O–H groups in total. The van der Waals surface area contributed by atoms with Gasteiger partial charge in [0.1, 0.15) is 5.01 Å². The Morgan fingerprint density at radius 3 is 2.67 bits per heavy atom. The molecule has 0 spiro atoms. The Morgan fingerprint density at radius 1 is 1.17 bits per heavy atom. The monoisotopic (exact) mass is 197 g/mol. The highest BCUT2D eigenvalue weighted by atomic mass is 32.1. The van der Waals surface area contributed by atoms with E-state index in [1.807, 2.05) is 17.0 Å². The zero-order valence-corrected chi connectivity index (χ0v) is 7.86. The van der Waals surface area contributed by atoms with E-state index in [4.69, 9.17) is 0 Å². The fraction of sp³-hybridized carbons (Fsp3) is 0.143. The molecule has 0 bridgehead atoms. The van der Waals surface area contributed by atoms with Crippen molar-refractivity contribution in [1.29, 1.82) is 0 Å². The summed E-state index contributed by atoms with van der Waals surface area (Å²) < 4.78 is 0. The Balaban J connectivity index is 1.91. The van der Waals surface area contributed by atoms with Gasteiger partial charge >= 0.3 is 0 Å². The summed E-state index contributed by atoms with van der Waals surface area (Å²) in [6.45, 7) is 0.769. The standard InChI is InChI=1S/C7H7N3S2/c1-3-11-6(8-1)5-10-7-9-2-4-12-7/h1-4H,5H2,(H,9,10). The summed E-state index contributed by atoms with van der Waals surface area (Å²) >= 11 is 3.25. The van der Waals surface area contributed by atoms with Crippen LogP contribution in [-0.4, -0.2) is 9.97 Å². The quantitative estimate of drug-likeness (QED) is 0.819. The lowest BCUT2D eigenvalue weighted by atomic mass is 10.7. The molecule has 0 fully saturated rings. The predicted octanol–water partition coefficient (Wildman–Crippen LogP) is 2.21. The summed E-state index contributed by atoms with van der Waals surface area (Å²) in [5, 5.41) is 9.14. The number of anilines is 1. The van der Waals surface area contributed by atoms with Crippen LogP contribution in [0, 0.1) is 0 Å². The first-order valence-corrected chi connectivity index (χ1v) is 5.23. The fourth-order valence-electron chi connectivity index (χ4n) is 0.802. The molecular weight excluding hydrogens is 190 g/mol. The highest BCUT2D eigenvalue weighted by Gasteiger charge is 1.96. The van der Waals surface area contributed by atoms with Crippen molar-refractivity contribution in [3.05, 3.63) is 28.2 Å². The number of aromatic nitrogens is 2. The lowest BCUT2D eigenvalue weighted by molar-refractivity contribution is 1.09. The van der Waals surface area contributed by atoms with E-state index >= 15 is 0 Å². The number of hydrogen-bond donors (Lipinski definition) is 1. The molecule has 12 heavy (non-hydrogen) atoms. The molecule has 0 aliphatic rings. The van der Waals surface area contributed by atoms with Gasteiger partial charge in [0.2, 0.25) is 0 Å². The van der Waals surface area contributed by atoms with Crippen molar-refractivity contribution >= 4 is 27.8 Å². The van der Waals surface area contributed by atoms with Crippen molar-refractivity contribution in [3.63, 3.8) is 0 Å². The zero-order valence-electron chi connectivity index (χ0n) is 6.23. The van der Waals surface area contributed by atoms with Gasteiger partial charge in [-0.25, -0.2) is 9.97 Å². The highest BCUT2D eigenvalue weighted by Crippen LogP contribution is 2.12. The molecular formula is C7H7N3S2. The van der Waals surface area contributed by atoms with Crippen LogP contribution < -0.4 is 5.32 Å². The van der Waals surface area contributed by atoms with E-state index in [0.29, 0.717) is 0 Å². The zero-order chi connectivity index (χ0) is 8.23. The molecule has 0 radical (unpaired) electrons. The molecule has 0 saturated heterocycles. The van der Waals surface area contributed by atoms with Crippen LogP contribution in [0.15, 0.2) is 23.2 Å². The molecule has 2 aromatic rings. The average Bonchev–Trinajstić information content (AvgIpc) is 2.74. The van der Waals surface area contributed by atoms with Gasteiger partial charge < -0.3 is 5.32 Å². The minimum atomic E-state index is 0.769. The van der Waals surface area contributed by atoms with E-state index in [-0.39, 0.29) is 0 Å². The number of thiazole rings is 2. The number of hydrogen-bond acceptors (Lipinski definition) is 5. The van der Waals surface area contributed by atoms with Gasteiger partial charge in [0, 0.05) is 23.2 Å². The lowest BCUT2D eigenvalue weighted by Crippen LogP contribution is -1.97. The Bertz CT molecular complexity index is 280. The lowest BCUT2D eigenvalue weighted by Gasteiger charge is -1.96. The maximum Gasteiger partial charge on any atom is 0.182 e. The molecule has 0 amide bonds. The normalized spacial score (nSPS) is 10.0. The minimum absolute atomic E-state index is 0.769. The van der Waals surface area contributed by atoms with E-state index < -0.39 is 0 Å². The van der Waals surface area contributed by atoms with Crippen LogP contribution in [0.4, 0.5) is 5.13 Å². The molecule has 2 heterocycles. The molecule has 0 aromatic carbocycles. The maximum atomic E-state index is 4.15. The fourth-order valence-corrected chi connectivity index (χ4v) is 1.89. The molecule has 62 valence electrons. The Morgan fingerprint density at radius 2 is 2.00 bits per heavy atom. The SMILES string of the molecule is c1csc(CNc2nccs2)n1. The molecule has 3 nitrogen and oxygen atoms in total. The number of rotatable bonds is 3. The van der Waals surface area contributed by atoms with Crippen LogP contribution in [0.25, 0.3) is 0 Å². The third-order valence-corrected chi connectivity index (χ3v) is 2.82. The van der Waals surface area contributed by atoms with Gasteiger partial charge in [-0.3, -0.25) is 0 Å². The molecule has 0 unspecified atom stereocenters. The second-order valence-corrected chi connectivity index (χ2v) is 3.99.